The topological polar surface area (TPSA) is 210 Å². The molecule has 4 aromatic rings. The van der Waals surface area contributed by atoms with Crippen molar-refractivity contribution in [3.05, 3.63) is 72.1 Å². The van der Waals surface area contributed by atoms with Crippen molar-refractivity contribution >= 4 is 57.2 Å². The van der Waals surface area contributed by atoms with E-state index in [0.717, 1.165) is 58.6 Å². The van der Waals surface area contributed by atoms with Crippen LogP contribution in [0.4, 0.5) is 0 Å². The summed E-state index contributed by atoms with van der Waals surface area (Å²) in [6.07, 6.45) is 10.7. The van der Waals surface area contributed by atoms with Gasteiger partial charge in [0, 0.05) is 93.5 Å². The number of carbonyl (C=O) groups excluding carboxylic acids is 6. The zero-order valence-electron chi connectivity index (χ0n) is 39.4. The average Bonchev–Trinajstić information content (AvgIpc) is 4.22. The second kappa shape index (κ2) is 20.8. The van der Waals surface area contributed by atoms with Gasteiger partial charge in [-0.1, -0.05) is 62.1 Å². The van der Waals surface area contributed by atoms with Crippen LogP contribution in [0.2, 0.25) is 0 Å². The molecule has 3 saturated heterocycles. The fourth-order valence-electron chi connectivity index (χ4n) is 11.9. The second-order valence-electron chi connectivity index (χ2n) is 19.6. The first-order valence-corrected chi connectivity index (χ1v) is 24.7. The summed E-state index contributed by atoms with van der Waals surface area (Å²) in [5, 5.41) is 14.2. The molecule has 0 unspecified atom stereocenters. The molecule has 1 spiro atoms. The lowest BCUT2D eigenvalue weighted by atomic mass is 9.84. The Balaban J connectivity index is 1.13. The van der Waals surface area contributed by atoms with Gasteiger partial charge >= 0.3 is 0 Å². The van der Waals surface area contributed by atoms with Gasteiger partial charge in [-0.15, -0.1) is 0 Å². The predicted molar refractivity (Wildman–Crippen MR) is 255 cm³/mol. The molecule has 2 saturated carbocycles. The van der Waals surface area contributed by atoms with E-state index in [-0.39, 0.29) is 37.3 Å². The number of aromatic amines is 2. The molecule has 17 heteroatoms. The number of nitrogens with one attached hydrogen (secondary N) is 6. The summed E-state index contributed by atoms with van der Waals surface area (Å²) < 4.78 is 10.9. The van der Waals surface area contributed by atoms with E-state index in [1.807, 2.05) is 65.8 Å². The quantitative estimate of drug-likeness (QED) is 0.123. The van der Waals surface area contributed by atoms with Gasteiger partial charge in [0.1, 0.15) is 35.7 Å². The molecule has 6 N–H and O–H groups in total. The molecule has 5 fully saturated rings. The monoisotopic (exact) mass is 934 g/mol. The van der Waals surface area contributed by atoms with Gasteiger partial charge in [-0.3, -0.25) is 33.7 Å². The third-order valence-electron chi connectivity index (χ3n) is 15.5. The largest absolute Gasteiger partial charge is 0.383 e. The third kappa shape index (κ3) is 9.74. The highest BCUT2D eigenvalue weighted by Crippen LogP contribution is 2.41. The van der Waals surface area contributed by atoms with Crippen LogP contribution < -0.4 is 21.3 Å². The van der Waals surface area contributed by atoms with E-state index in [2.05, 4.69) is 31.2 Å². The van der Waals surface area contributed by atoms with Crippen molar-refractivity contribution in [1.29, 1.82) is 0 Å². The highest BCUT2D eigenvalue weighted by Gasteiger charge is 2.52. The minimum atomic E-state index is -1.40. The standard InChI is InChI=1S/C51H67N9O8/c1-67-24-22-58(23-25-68-2)31-41-48(64)59-21-11-18-43(59)49(65)60-42-17-8-3-12-32(42)28-44(60)47(63)54-40(27-34-30-53-38-16-7-5-14-36(34)38)46(62)57-51(19-9-10-20-51)50(66)56-39(45(61)55-41)26-33-29-52-37-15-6-4-13-35(33)37/h4-7,13-16,29-30,32,39-44,52-53H,3,8-12,17-28,31H2,1-2H3,(H,54,63)(H,55,61)(H,56,66)(H,57,62)/t32-,39-,40-,41-,42-,43+,44-/m0/s1. The number of hydrogen-bond donors (Lipinski definition) is 6. The van der Waals surface area contributed by atoms with Gasteiger partial charge in [0.25, 0.3) is 0 Å². The van der Waals surface area contributed by atoms with Crippen LogP contribution in [-0.4, -0.2) is 156 Å². The molecule has 5 aliphatic rings. The van der Waals surface area contributed by atoms with E-state index in [1.165, 1.54) is 0 Å². The SMILES string of the molecule is COCCN(CCOC)C[C@@H]1NC(=O)[C@H](Cc2c[nH]c3ccccc23)NC(=O)C2(CCCC2)NC(=O)[C@H](Cc2c[nH]c3ccccc23)NC(=O)[C@@H]2C[C@@H]3CCCC[C@@H]3N2C(=O)[C@H]2CCCN2C1=O. The van der Waals surface area contributed by atoms with Crippen molar-refractivity contribution in [2.45, 2.75) is 125 Å². The molecule has 5 heterocycles. The zero-order chi connectivity index (χ0) is 47.4. The predicted octanol–water partition coefficient (Wildman–Crippen LogP) is 3.08. The fourth-order valence-corrected chi connectivity index (χ4v) is 11.9. The summed E-state index contributed by atoms with van der Waals surface area (Å²) in [7, 11) is 3.20. The first-order chi connectivity index (χ1) is 33.1. The lowest BCUT2D eigenvalue weighted by molar-refractivity contribution is -0.150. The summed E-state index contributed by atoms with van der Waals surface area (Å²) >= 11 is 0. The van der Waals surface area contributed by atoms with Gasteiger partial charge < -0.3 is 50.5 Å². The van der Waals surface area contributed by atoms with Crippen LogP contribution in [0.5, 0.6) is 0 Å². The summed E-state index contributed by atoms with van der Waals surface area (Å²) in [5.41, 5.74) is 1.94. The van der Waals surface area contributed by atoms with Crippen LogP contribution in [0, 0.1) is 5.92 Å². The molecule has 2 aromatic heterocycles. The van der Waals surface area contributed by atoms with Gasteiger partial charge in [0.05, 0.1) is 13.2 Å². The number of methoxy groups -OCH3 is 2. The Labute approximate surface area is 397 Å². The van der Waals surface area contributed by atoms with E-state index >= 15 is 28.8 Å². The molecule has 364 valence electrons. The van der Waals surface area contributed by atoms with Gasteiger partial charge in [-0.25, -0.2) is 0 Å². The maximum absolute atomic E-state index is 15.3. The first-order valence-electron chi connectivity index (χ1n) is 24.7. The van der Waals surface area contributed by atoms with Gasteiger partial charge in [0.2, 0.25) is 35.4 Å². The number of nitrogens with zero attached hydrogens (tertiary/aromatic N) is 3. The van der Waals surface area contributed by atoms with Gasteiger partial charge in [0.15, 0.2) is 0 Å². The van der Waals surface area contributed by atoms with Gasteiger partial charge in [-0.2, -0.15) is 0 Å². The first kappa shape index (κ1) is 47.3. The summed E-state index contributed by atoms with van der Waals surface area (Å²) in [4.78, 5) is 103. The van der Waals surface area contributed by atoms with E-state index in [1.54, 1.807) is 24.0 Å². The highest BCUT2D eigenvalue weighted by atomic mass is 16.5. The number of rotatable bonds is 12. The second-order valence-corrected chi connectivity index (χ2v) is 19.6. The minimum absolute atomic E-state index is 0.0760. The smallest absolute Gasteiger partial charge is 0.247 e. The van der Waals surface area contributed by atoms with Crippen molar-refractivity contribution in [3.63, 3.8) is 0 Å². The summed E-state index contributed by atoms with van der Waals surface area (Å²) in [6, 6.07) is 10.1. The Morgan fingerprint density at radius 1 is 0.647 bits per heavy atom. The Bertz CT molecular complexity index is 2470. The molecule has 6 amide bonds. The Hall–Kier alpha value is -5.78. The number of para-hydroxylation sites is 2. The van der Waals surface area contributed by atoms with Crippen molar-refractivity contribution < 1.29 is 38.2 Å². The Kier molecular flexibility index (Phi) is 14.5. The molecule has 0 bridgehead atoms. The number of H-pyrrole nitrogens is 2. The normalized spacial score (nSPS) is 27.2. The van der Waals surface area contributed by atoms with Crippen LogP contribution in [-0.2, 0) is 51.1 Å². The fraction of sp³-hybridized carbons (Fsp3) is 0.569. The molecule has 9 rings (SSSR count). The Morgan fingerprint density at radius 3 is 1.90 bits per heavy atom. The van der Waals surface area contributed by atoms with Gasteiger partial charge in [-0.05, 0) is 74.1 Å². The number of aromatic nitrogens is 2. The molecule has 2 aliphatic carbocycles. The van der Waals surface area contributed by atoms with E-state index in [4.69, 9.17) is 9.47 Å². The van der Waals surface area contributed by atoms with Crippen LogP contribution in [0.25, 0.3) is 21.8 Å². The molecule has 68 heavy (non-hydrogen) atoms. The number of amides is 6. The molecular weight excluding hydrogens is 867 g/mol. The molecular formula is C51H67N9O8. The van der Waals surface area contributed by atoms with Crippen molar-refractivity contribution in [1.82, 2.24) is 45.9 Å². The lowest BCUT2D eigenvalue weighted by Gasteiger charge is -2.39. The average molecular weight is 934 g/mol. The third-order valence-corrected chi connectivity index (χ3v) is 15.5. The maximum atomic E-state index is 15.3. The van der Waals surface area contributed by atoms with Crippen LogP contribution in [0.1, 0.15) is 81.8 Å². The molecule has 17 nitrogen and oxygen atoms in total. The summed E-state index contributed by atoms with van der Waals surface area (Å²) in [5.74, 6) is -2.63. The Morgan fingerprint density at radius 2 is 1.25 bits per heavy atom. The van der Waals surface area contributed by atoms with Crippen molar-refractivity contribution in [2.24, 2.45) is 5.92 Å². The minimum Gasteiger partial charge on any atom is -0.383 e. The van der Waals surface area contributed by atoms with E-state index in [9.17, 15) is 0 Å². The number of fused-ring (bicyclic) bond motifs is 6. The number of ether oxygens (including phenoxy) is 2. The molecule has 0 radical (unpaired) electrons. The van der Waals surface area contributed by atoms with Crippen molar-refractivity contribution in [2.75, 3.05) is 53.6 Å². The van der Waals surface area contributed by atoms with Crippen LogP contribution >= 0.6 is 0 Å². The zero-order valence-corrected chi connectivity index (χ0v) is 39.4. The molecule has 7 atom stereocenters. The van der Waals surface area contributed by atoms with E-state index in [0.29, 0.717) is 77.8 Å². The van der Waals surface area contributed by atoms with Crippen molar-refractivity contribution in [3.8, 4) is 0 Å². The van der Waals surface area contributed by atoms with Crippen LogP contribution in [0.3, 0.4) is 0 Å². The number of hydrogen-bond acceptors (Lipinski definition) is 9. The maximum Gasteiger partial charge on any atom is 0.247 e. The number of carbonyl (C=O) groups is 6. The van der Waals surface area contributed by atoms with Crippen LogP contribution in [0.15, 0.2) is 60.9 Å². The van der Waals surface area contributed by atoms with E-state index < -0.39 is 65.3 Å². The molecule has 3 aliphatic heterocycles. The molecule has 2 aromatic carbocycles. The number of benzene rings is 2. The summed E-state index contributed by atoms with van der Waals surface area (Å²) in [6.45, 7) is 1.98. The highest BCUT2D eigenvalue weighted by molar-refractivity contribution is 6.00. The lowest BCUT2D eigenvalue weighted by Crippen LogP contribution is -2.66.